The molecule has 1 saturated carbocycles. The second kappa shape index (κ2) is 7.33. The van der Waals surface area contributed by atoms with Gasteiger partial charge in [-0.15, -0.1) is 0 Å². The Morgan fingerprint density at radius 1 is 1.28 bits per heavy atom. The topological polar surface area (TPSA) is 83.8 Å². The summed E-state index contributed by atoms with van der Waals surface area (Å²) in [5, 5.41) is 13.0. The molecule has 0 bridgehead atoms. The Labute approximate surface area is 168 Å². The molecule has 8 heteroatoms. The number of nitrogens with one attached hydrogen (secondary N) is 1. The third-order valence-corrected chi connectivity index (χ3v) is 5.97. The molecular weight excluding hydrogens is 377 g/mol. The number of fused-ring (bicyclic) bond motifs is 1. The number of carboxylic acids is 1. The van der Waals surface area contributed by atoms with E-state index >= 15 is 4.39 Å². The average molecular weight is 403 g/mol. The number of hydrogen-bond acceptors (Lipinski definition) is 5. The first-order valence-corrected chi connectivity index (χ1v) is 10.0. The summed E-state index contributed by atoms with van der Waals surface area (Å²) < 4.78 is 22.8. The second-order valence-electron chi connectivity index (χ2n) is 8.18. The van der Waals surface area contributed by atoms with Crippen LogP contribution in [0.4, 0.5) is 10.1 Å². The van der Waals surface area contributed by atoms with E-state index in [0.29, 0.717) is 30.0 Å². The third-order valence-electron chi connectivity index (χ3n) is 5.97. The van der Waals surface area contributed by atoms with Gasteiger partial charge in [0.15, 0.2) is 11.6 Å². The van der Waals surface area contributed by atoms with Gasteiger partial charge in [0.25, 0.3) is 0 Å². The lowest BCUT2D eigenvalue weighted by atomic mass is 9.91. The molecule has 1 aliphatic heterocycles. The first kappa shape index (κ1) is 19.7. The standard InChI is InChI=1S/C21H26FN3O4/c1-11-8-24(9-12(2)23-11)18-16(22)7-14-17(20(18)29-3)25(13-5-4-6-13)10-15(19(14)26)21(27)28/h7,10-13,23H,4-6,8-9H2,1-3H3,(H,27,28)/t11-,12+. The predicted molar refractivity (Wildman–Crippen MR) is 109 cm³/mol. The fourth-order valence-corrected chi connectivity index (χ4v) is 4.55. The Hall–Kier alpha value is -2.61. The van der Waals surface area contributed by atoms with E-state index < -0.39 is 17.2 Å². The van der Waals surface area contributed by atoms with Crippen LogP contribution in [-0.2, 0) is 0 Å². The molecule has 7 nitrogen and oxygen atoms in total. The number of hydrogen-bond donors (Lipinski definition) is 2. The van der Waals surface area contributed by atoms with Gasteiger partial charge in [0, 0.05) is 37.4 Å². The molecule has 2 N–H and O–H groups in total. The van der Waals surface area contributed by atoms with Gasteiger partial charge in [-0.2, -0.15) is 0 Å². The molecule has 0 spiro atoms. The number of carboxylic acid groups (broad SMARTS) is 1. The average Bonchev–Trinajstić information content (AvgIpc) is 2.60. The van der Waals surface area contributed by atoms with Crippen molar-refractivity contribution < 1.29 is 19.0 Å². The van der Waals surface area contributed by atoms with E-state index in [0.717, 1.165) is 19.3 Å². The summed E-state index contributed by atoms with van der Waals surface area (Å²) in [6.07, 6.45) is 4.19. The van der Waals surface area contributed by atoms with Gasteiger partial charge in [0.1, 0.15) is 11.3 Å². The van der Waals surface area contributed by atoms with Crippen LogP contribution in [0.25, 0.3) is 10.9 Å². The Bertz CT molecular complexity index is 1020. The van der Waals surface area contributed by atoms with Crippen LogP contribution < -0.4 is 20.4 Å². The molecule has 1 aromatic heterocycles. The molecule has 0 amide bonds. The van der Waals surface area contributed by atoms with Gasteiger partial charge in [0.2, 0.25) is 5.43 Å². The molecule has 1 aliphatic carbocycles. The molecule has 1 saturated heterocycles. The number of methoxy groups -OCH3 is 1. The van der Waals surface area contributed by atoms with Crippen LogP contribution in [0.5, 0.6) is 5.75 Å². The number of carbonyl (C=O) groups is 1. The first-order chi connectivity index (χ1) is 13.8. The maximum Gasteiger partial charge on any atom is 0.341 e. The van der Waals surface area contributed by atoms with Crippen molar-refractivity contribution in [1.82, 2.24) is 9.88 Å². The van der Waals surface area contributed by atoms with Crippen LogP contribution in [0.15, 0.2) is 17.1 Å². The molecule has 0 radical (unpaired) electrons. The van der Waals surface area contributed by atoms with Crippen LogP contribution in [0, 0.1) is 5.82 Å². The van der Waals surface area contributed by atoms with Crippen LogP contribution in [0.1, 0.15) is 49.5 Å². The fraction of sp³-hybridized carbons (Fsp3) is 0.524. The number of pyridine rings is 1. The largest absolute Gasteiger partial charge is 0.492 e. The molecule has 2 aliphatic rings. The van der Waals surface area contributed by atoms with Gasteiger partial charge in [-0.05, 0) is 39.2 Å². The summed E-state index contributed by atoms with van der Waals surface area (Å²) in [5.74, 6) is -1.59. The van der Waals surface area contributed by atoms with Gasteiger partial charge in [-0.25, -0.2) is 9.18 Å². The van der Waals surface area contributed by atoms with Crippen molar-refractivity contribution >= 4 is 22.6 Å². The van der Waals surface area contributed by atoms with Gasteiger partial charge in [-0.1, -0.05) is 0 Å². The molecule has 156 valence electrons. The fourth-order valence-electron chi connectivity index (χ4n) is 4.55. The summed E-state index contributed by atoms with van der Waals surface area (Å²) in [5.41, 5.74) is -0.227. The summed E-state index contributed by atoms with van der Waals surface area (Å²) in [4.78, 5) is 26.4. The van der Waals surface area contributed by atoms with E-state index in [1.807, 2.05) is 18.7 Å². The summed E-state index contributed by atoms with van der Waals surface area (Å²) in [6, 6.07) is 1.59. The Morgan fingerprint density at radius 2 is 1.93 bits per heavy atom. The molecule has 29 heavy (non-hydrogen) atoms. The van der Waals surface area contributed by atoms with E-state index in [1.165, 1.54) is 19.4 Å². The normalized spacial score (nSPS) is 22.6. The maximum absolute atomic E-state index is 15.3. The zero-order valence-corrected chi connectivity index (χ0v) is 16.9. The van der Waals surface area contributed by atoms with Gasteiger partial charge in [0.05, 0.1) is 18.0 Å². The zero-order valence-electron chi connectivity index (χ0n) is 16.9. The maximum atomic E-state index is 15.3. The van der Waals surface area contributed by atoms with E-state index in [2.05, 4.69) is 5.32 Å². The Balaban J connectivity index is 2.02. The smallest absolute Gasteiger partial charge is 0.341 e. The highest BCUT2D eigenvalue weighted by Crippen LogP contribution is 2.42. The monoisotopic (exact) mass is 403 g/mol. The van der Waals surface area contributed by atoms with Crippen LogP contribution in [0.2, 0.25) is 0 Å². The molecule has 2 heterocycles. The minimum atomic E-state index is -1.31. The number of halogens is 1. The molecular formula is C21H26FN3O4. The molecule has 2 aromatic rings. The predicted octanol–water partition coefficient (Wildman–Crippen LogP) is 2.76. The lowest BCUT2D eigenvalue weighted by Gasteiger charge is -2.39. The van der Waals surface area contributed by atoms with Crippen molar-refractivity contribution in [3.8, 4) is 5.75 Å². The summed E-state index contributed by atoms with van der Waals surface area (Å²) in [6.45, 7) is 5.28. The SMILES string of the molecule is COc1c(N2C[C@@H](C)N[C@@H](C)C2)c(F)cc2c(=O)c(C(=O)O)cn(C3CCC3)c12. The first-order valence-electron chi connectivity index (χ1n) is 10.0. The van der Waals surface area contributed by atoms with Crippen LogP contribution in [-0.4, -0.2) is 47.9 Å². The lowest BCUT2D eigenvalue weighted by Crippen LogP contribution is -2.54. The number of aromatic carboxylic acids is 1. The molecule has 2 atom stereocenters. The zero-order chi connectivity index (χ0) is 20.9. The van der Waals surface area contributed by atoms with Crippen molar-refractivity contribution in [2.45, 2.75) is 51.2 Å². The Kier molecular flexibility index (Phi) is 4.98. The van der Waals surface area contributed by atoms with Gasteiger partial charge >= 0.3 is 5.97 Å². The van der Waals surface area contributed by atoms with Crippen LogP contribution in [0.3, 0.4) is 0 Å². The van der Waals surface area contributed by atoms with E-state index in [-0.39, 0.29) is 29.1 Å². The highest BCUT2D eigenvalue weighted by molar-refractivity contribution is 5.97. The molecule has 2 fully saturated rings. The number of rotatable bonds is 4. The summed E-state index contributed by atoms with van der Waals surface area (Å²) in [7, 11) is 1.47. The number of benzene rings is 1. The molecule has 0 unspecified atom stereocenters. The second-order valence-corrected chi connectivity index (χ2v) is 8.18. The van der Waals surface area contributed by atoms with Crippen molar-refractivity contribution in [3.05, 3.63) is 33.9 Å². The Morgan fingerprint density at radius 3 is 2.45 bits per heavy atom. The van der Waals surface area contributed by atoms with Crippen molar-refractivity contribution in [3.63, 3.8) is 0 Å². The quantitative estimate of drug-likeness (QED) is 0.817. The minimum absolute atomic E-state index is 0.0473. The highest BCUT2D eigenvalue weighted by Gasteiger charge is 2.31. The van der Waals surface area contributed by atoms with Crippen LogP contribution >= 0.6 is 0 Å². The molecule has 1 aromatic carbocycles. The number of anilines is 1. The minimum Gasteiger partial charge on any atom is -0.492 e. The van der Waals surface area contributed by atoms with Crippen molar-refractivity contribution in [1.29, 1.82) is 0 Å². The third kappa shape index (κ3) is 3.25. The van der Waals surface area contributed by atoms with E-state index in [9.17, 15) is 14.7 Å². The summed E-state index contributed by atoms with van der Waals surface area (Å²) >= 11 is 0. The van der Waals surface area contributed by atoms with E-state index in [1.54, 1.807) is 4.57 Å². The van der Waals surface area contributed by atoms with Crippen molar-refractivity contribution in [2.75, 3.05) is 25.1 Å². The van der Waals surface area contributed by atoms with E-state index in [4.69, 9.17) is 4.74 Å². The molecule has 4 rings (SSSR count). The number of nitrogens with zero attached hydrogens (tertiary/aromatic N) is 2. The van der Waals surface area contributed by atoms with Gasteiger partial charge in [-0.3, -0.25) is 4.79 Å². The highest BCUT2D eigenvalue weighted by atomic mass is 19.1. The lowest BCUT2D eigenvalue weighted by molar-refractivity contribution is 0.0694. The van der Waals surface area contributed by atoms with Gasteiger partial charge < -0.3 is 24.6 Å². The van der Waals surface area contributed by atoms with Crippen molar-refractivity contribution in [2.24, 2.45) is 0 Å². The number of aromatic nitrogens is 1. The number of ether oxygens (including phenoxy) is 1. The number of piperazine rings is 1.